The van der Waals surface area contributed by atoms with Crippen molar-refractivity contribution in [3.8, 4) is 0 Å². The molecule has 2 rings (SSSR count). The molecule has 1 aliphatic carbocycles. The number of hydrogen-bond acceptors (Lipinski definition) is 2. The summed E-state index contributed by atoms with van der Waals surface area (Å²) in [6, 6.07) is 0. The van der Waals surface area contributed by atoms with Crippen LogP contribution in [0.2, 0.25) is 0 Å². The van der Waals surface area contributed by atoms with Crippen molar-refractivity contribution in [3.05, 3.63) is 0 Å². The molecule has 1 atom stereocenters. The van der Waals surface area contributed by atoms with E-state index in [1.807, 2.05) is 0 Å². The zero-order chi connectivity index (χ0) is 13.9. The summed E-state index contributed by atoms with van der Waals surface area (Å²) < 4.78 is 6.08. The Hall–Kier alpha value is -0.370. The molecule has 1 aliphatic heterocycles. The van der Waals surface area contributed by atoms with E-state index in [4.69, 9.17) is 4.74 Å². The third-order valence-corrected chi connectivity index (χ3v) is 4.83. The number of hydrogen-bond donors (Lipinski definition) is 0. The third-order valence-electron chi connectivity index (χ3n) is 4.83. The van der Waals surface area contributed by atoms with Crippen LogP contribution < -0.4 is 0 Å². The molecule has 0 amide bonds. The quantitative estimate of drug-likeness (QED) is 0.751. The van der Waals surface area contributed by atoms with Crippen molar-refractivity contribution >= 4 is 5.78 Å². The van der Waals surface area contributed by atoms with Crippen LogP contribution in [0, 0.1) is 11.3 Å². The Morgan fingerprint density at radius 3 is 2.53 bits per heavy atom. The minimum atomic E-state index is 0.0680. The van der Waals surface area contributed by atoms with E-state index < -0.39 is 0 Å². The molecule has 0 radical (unpaired) electrons. The second-order valence-electron chi connectivity index (χ2n) is 7.81. The summed E-state index contributed by atoms with van der Waals surface area (Å²) in [5.41, 5.74) is 0.335. The number of carbonyl (C=O) groups excluding carboxylic acids is 1. The summed E-state index contributed by atoms with van der Waals surface area (Å²) in [6.45, 7) is 7.44. The van der Waals surface area contributed by atoms with Gasteiger partial charge in [-0.15, -0.1) is 0 Å². The number of Topliss-reactive ketones (excluding diaryl/α,β-unsaturated/α-hetero) is 1. The highest BCUT2D eigenvalue weighted by Gasteiger charge is 2.40. The first-order chi connectivity index (χ1) is 8.90. The van der Waals surface area contributed by atoms with E-state index in [-0.39, 0.29) is 16.9 Å². The van der Waals surface area contributed by atoms with Crippen molar-refractivity contribution in [2.45, 2.75) is 84.2 Å². The highest BCUT2D eigenvalue weighted by atomic mass is 16.5. The molecule has 2 aliphatic rings. The van der Waals surface area contributed by atoms with Crippen LogP contribution in [0.3, 0.4) is 0 Å². The predicted octanol–water partition coefficient (Wildman–Crippen LogP) is 4.51. The minimum absolute atomic E-state index is 0.0680. The van der Waals surface area contributed by atoms with Gasteiger partial charge in [0.2, 0.25) is 0 Å². The molecule has 0 aromatic heterocycles. The average molecular weight is 266 g/mol. The molecule has 2 heteroatoms. The van der Waals surface area contributed by atoms with Crippen LogP contribution in [0.15, 0.2) is 0 Å². The summed E-state index contributed by atoms with van der Waals surface area (Å²) in [5, 5.41) is 0. The van der Waals surface area contributed by atoms with Crippen LogP contribution in [0.25, 0.3) is 0 Å². The van der Waals surface area contributed by atoms with E-state index in [0.29, 0.717) is 5.78 Å². The highest BCUT2D eigenvalue weighted by molar-refractivity contribution is 5.81. The Morgan fingerprint density at radius 1 is 1.21 bits per heavy atom. The van der Waals surface area contributed by atoms with Crippen LogP contribution in [-0.2, 0) is 9.53 Å². The Labute approximate surface area is 118 Å². The maximum absolute atomic E-state index is 12.4. The van der Waals surface area contributed by atoms with Gasteiger partial charge in [-0.25, -0.2) is 0 Å². The summed E-state index contributed by atoms with van der Waals surface area (Å²) >= 11 is 0. The van der Waals surface area contributed by atoms with Gasteiger partial charge in [-0.05, 0) is 37.5 Å². The van der Waals surface area contributed by atoms with Gasteiger partial charge in [0.25, 0.3) is 0 Å². The number of ketones is 1. The van der Waals surface area contributed by atoms with Crippen LogP contribution >= 0.6 is 0 Å². The molecule has 1 saturated heterocycles. The number of carbonyl (C=O) groups is 1. The molecule has 2 nitrogen and oxygen atoms in total. The van der Waals surface area contributed by atoms with E-state index in [9.17, 15) is 4.79 Å². The van der Waals surface area contributed by atoms with Gasteiger partial charge in [0.05, 0.1) is 5.60 Å². The topological polar surface area (TPSA) is 26.3 Å². The second kappa shape index (κ2) is 5.95. The first kappa shape index (κ1) is 15.0. The van der Waals surface area contributed by atoms with Gasteiger partial charge in [0, 0.05) is 18.9 Å². The predicted molar refractivity (Wildman–Crippen MR) is 78.2 cm³/mol. The normalized spacial score (nSPS) is 27.4. The lowest BCUT2D eigenvalue weighted by atomic mass is 9.74. The molecule has 0 bridgehead atoms. The standard InChI is InChI=1S/C17H30O2/c1-16(2,3)11-7-15(18)14-8-12-19-17(13-14)9-5-4-6-10-17/h14H,4-13H2,1-3H3. The molecule has 1 heterocycles. The molecular weight excluding hydrogens is 236 g/mol. The minimum Gasteiger partial charge on any atom is -0.375 e. The van der Waals surface area contributed by atoms with E-state index >= 15 is 0 Å². The van der Waals surface area contributed by atoms with Crippen LogP contribution in [0.4, 0.5) is 0 Å². The lowest BCUT2D eigenvalue weighted by Gasteiger charge is -2.43. The average Bonchev–Trinajstić information content (AvgIpc) is 2.36. The van der Waals surface area contributed by atoms with Gasteiger partial charge in [0.15, 0.2) is 0 Å². The summed E-state index contributed by atoms with van der Waals surface area (Å²) in [6.07, 6.45) is 9.97. The molecule has 0 N–H and O–H groups in total. The first-order valence-corrected chi connectivity index (χ1v) is 8.07. The Morgan fingerprint density at radius 2 is 1.89 bits per heavy atom. The Balaban J connectivity index is 1.88. The smallest absolute Gasteiger partial charge is 0.136 e. The largest absolute Gasteiger partial charge is 0.375 e. The van der Waals surface area contributed by atoms with Gasteiger partial charge in [-0.3, -0.25) is 4.79 Å². The number of ether oxygens (including phenoxy) is 1. The van der Waals surface area contributed by atoms with Crippen molar-refractivity contribution in [1.29, 1.82) is 0 Å². The summed E-state index contributed by atoms with van der Waals surface area (Å²) in [7, 11) is 0. The second-order valence-corrected chi connectivity index (χ2v) is 7.81. The molecule has 2 fully saturated rings. The molecule has 0 aromatic rings. The molecule has 1 spiro atoms. The number of rotatable bonds is 3. The van der Waals surface area contributed by atoms with Gasteiger partial charge in [0.1, 0.15) is 5.78 Å². The molecular formula is C17H30O2. The van der Waals surface area contributed by atoms with Gasteiger partial charge in [-0.2, -0.15) is 0 Å². The molecule has 1 saturated carbocycles. The van der Waals surface area contributed by atoms with Crippen molar-refractivity contribution in [1.82, 2.24) is 0 Å². The van der Waals surface area contributed by atoms with Crippen molar-refractivity contribution in [3.63, 3.8) is 0 Å². The highest BCUT2D eigenvalue weighted by Crippen LogP contribution is 2.41. The fourth-order valence-corrected chi connectivity index (χ4v) is 3.55. The first-order valence-electron chi connectivity index (χ1n) is 8.07. The maximum atomic E-state index is 12.4. The van der Waals surface area contributed by atoms with E-state index in [0.717, 1.165) is 32.3 Å². The third kappa shape index (κ3) is 4.30. The van der Waals surface area contributed by atoms with E-state index in [1.54, 1.807) is 0 Å². The van der Waals surface area contributed by atoms with Gasteiger partial charge < -0.3 is 4.74 Å². The zero-order valence-corrected chi connectivity index (χ0v) is 13.0. The van der Waals surface area contributed by atoms with Gasteiger partial charge >= 0.3 is 0 Å². The van der Waals surface area contributed by atoms with Crippen LogP contribution in [0.1, 0.15) is 78.6 Å². The monoisotopic (exact) mass is 266 g/mol. The molecule has 110 valence electrons. The summed E-state index contributed by atoms with van der Waals surface area (Å²) in [5.74, 6) is 0.761. The van der Waals surface area contributed by atoms with Crippen molar-refractivity contribution in [2.75, 3.05) is 6.61 Å². The SMILES string of the molecule is CC(C)(C)CCC(=O)C1CCOC2(CCCCC2)C1. The molecule has 19 heavy (non-hydrogen) atoms. The van der Waals surface area contributed by atoms with Crippen molar-refractivity contribution < 1.29 is 9.53 Å². The Kier molecular flexibility index (Phi) is 4.70. The van der Waals surface area contributed by atoms with E-state index in [1.165, 1.54) is 32.1 Å². The van der Waals surface area contributed by atoms with Crippen LogP contribution in [-0.4, -0.2) is 18.0 Å². The summed E-state index contributed by atoms with van der Waals surface area (Å²) in [4.78, 5) is 12.4. The Bertz CT molecular complexity index is 302. The van der Waals surface area contributed by atoms with Crippen LogP contribution in [0.5, 0.6) is 0 Å². The van der Waals surface area contributed by atoms with Gasteiger partial charge in [-0.1, -0.05) is 40.0 Å². The fourth-order valence-electron chi connectivity index (χ4n) is 3.55. The van der Waals surface area contributed by atoms with Crippen molar-refractivity contribution in [2.24, 2.45) is 11.3 Å². The maximum Gasteiger partial charge on any atom is 0.136 e. The molecule has 0 aromatic carbocycles. The fraction of sp³-hybridized carbons (Fsp3) is 0.941. The lowest BCUT2D eigenvalue weighted by molar-refractivity contribution is -0.143. The molecule has 1 unspecified atom stereocenters. The zero-order valence-electron chi connectivity index (χ0n) is 13.0. The lowest BCUT2D eigenvalue weighted by Crippen LogP contribution is -2.43. The van der Waals surface area contributed by atoms with E-state index in [2.05, 4.69) is 20.8 Å².